The molecule has 0 aliphatic heterocycles. The van der Waals surface area contributed by atoms with Gasteiger partial charge in [-0.2, -0.15) is 0 Å². The van der Waals surface area contributed by atoms with Gasteiger partial charge in [-0.15, -0.1) is 0 Å². The van der Waals surface area contributed by atoms with E-state index >= 15 is 0 Å². The number of nitrogens with zero attached hydrogens (tertiary/aromatic N) is 2. The monoisotopic (exact) mass is 272 g/mol. The number of amides is 2. The number of carbonyl (C=O) groups excluding carboxylic acids is 2. The van der Waals surface area contributed by atoms with Gasteiger partial charge in [0.1, 0.15) is 0 Å². The zero-order valence-corrected chi connectivity index (χ0v) is 13.7. The molecule has 0 heterocycles. The first-order valence-corrected chi connectivity index (χ1v) is 7.42. The molecule has 0 N–H and O–H groups in total. The lowest BCUT2D eigenvalue weighted by atomic mass is 10.2. The van der Waals surface area contributed by atoms with Crippen molar-refractivity contribution in [1.29, 1.82) is 0 Å². The molecule has 0 atom stereocenters. The van der Waals surface area contributed by atoms with E-state index in [-0.39, 0.29) is 11.8 Å². The third-order valence-corrected chi connectivity index (χ3v) is 2.91. The van der Waals surface area contributed by atoms with E-state index in [4.69, 9.17) is 0 Å². The van der Waals surface area contributed by atoms with Crippen molar-refractivity contribution in [2.24, 2.45) is 0 Å². The van der Waals surface area contributed by atoms with Gasteiger partial charge in [0.15, 0.2) is 0 Å². The van der Waals surface area contributed by atoms with E-state index in [1.165, 1.54) is 12.8 Å². The molecule has 0 aromatic rings. The topological polar surface area (TPSA) is 40.6 Å². The Morgan fingerprint density at radius 1 is 0.842 bits per heavy atom. The molecule has 19 heavy (non-hydrogen) atoms. The fourth-order valence-corrected chi connectivity index (χ4v) is 1.55. The first-order chi connectivity index (χ1) is 8.94. The summed E-state index contributed by atoms with van der Waals surface area (Å²) < 4.78 is 0. The highest BCUT2D eigenvalue weighted by atomic mass is 16.2. The van der Waals surface area contributed by atoms with Crippen molar-refractivity contribution in [2.75, 3.05) is 27.2 Å². The Morgan fingerprint density at radius 2 is 1.37 bits per heavy atom. The highest BCUT2D eigenvalue weighted by Gasteiger charge is 2.04. The van der Waals surface area contributed by atoms with Gasteiger partial charge >= 0.3 is 0 Å². The van der Waals surface area contributed by atoms with Crippen LogP contribution < -0.4 is 0 Å². The summed E-state index contributed by atoms with van der Waals surface area (Å²) in [5.74, 6) is 0.494. The molecule has 0 radical (unpaired) electrons. The lowest BCUT2D eigenvalue weighted by Gasteiger charge is -2.16. The van der Waals surface area contributed by atoms with Crippen LogP contribution in [0.15, 0.2) is 0 Å². The number of hydrogen-bond acceptors (Lipinski definition) is 2. The maximum Gasteiger partial charge on any atom is 0.222 e. The molecular formula is C15H32N2O2. The SMILES string of the molecule is CCC(=O)N(CC)CC.CCCCCC(=O)N(C)C. The molecule has 4 nitrogen and oxygen atoms in total. The van der Waals surface area contributed by atoms with Crippen molar-refractivity contribution < 1.29 is 9.59 Å². The van der Waals surface area contributed by atoms with Gasteiger partial charge in [-0.25, -0.2) is 0 Å². The summed E-state index contributed by atoms with van der Waals surface area (Å²) in [7, 11) is 3.60. The zero-order chi connectivity index (χ0) is 15.3. The van der Waals surface area contributed by atoms with Crippen LogP contribution in [0, 0.1) is 0 Å². The molecule has 0 unspecified atom stereocenters. The van der Waals surface area contributed by atoms with Crippen molar-refractivity contribution in [2.45, 2.75) is 59.8 Å². The van der Waals surface area contributed by atoms with Gasteiger partial charge in [0.05, 0.1) is 0 Å². The van der Waals surface area contributed by atoms with E-state index in [1.807, 2.05) is 25.7 Å². The quantitative estimate of drug-likeness (QED) is 0.669. The second-order valence-corrected chi connectivity index (χ2v) is 4.66. The molecule has 114 valence electrons. The molecule has 0 fully saturated rings. The van der Waals surface area contributed by atoms with Gasteiger partial charge in [-0.3, -0.25) is 9.59 Å². The Bertz CT molecular complexity index is 236. The predicted molar refractivity (Wildman–Crippen MR) is 81.1 cm³/mol. The van der Waals surface area contributed by atoms with Crippen LogP contribution in [0.25, 0.3) is 0 Å². The van der Waals surface area contributed by atoms with Gasteiger partial charge in [0.25, 0.3) is 0 Å². The van der Waals surface area contributed by atoms with Crippen LogP contribution in [0.3, 0.4) is 0 Å². The molecular weight excluding hydrogens is 240 g/mol. The summed E-state index contributed by atoms with van der Waals surface area (Å²) in [5.41, 5.74) is 0. The summed E-state index contributed by atoms with van der Waals surface area (Å²) in [6, 6.07) is 0. The summed E-state index contributed by atoms with van der Waals surface area (Å²) in [5, 5.41) is 0. The standard InChI is InChI=1S/C8H17NO.C7H15NO/c1-4-5-6-7-8(10)9(2)3;1-4-7(9)8(5-2)6-3/h4-7H2,1-3H3;4-6H2,1-3H3. The highest BCUT2D eigenvalue weighted by Crippen LogP contribution is 2.00. The van der Waals surface area contributed by atoms with E-state index in [9.17, 15) is 9.59 Å². The first-order valence-electron chi connectivity index (χ1n) is 7.42. The minimum Gasteiger partial charge on any atom is -0.349 e. The fourth-order valence-electron chi connectivity index (χ4n) is 1.55. The average molecular weight is 272 g/mol. The van der Waals surface area contributed by atoms with Crippen LogP contribution in [0.1, 0.15) is 59.8 Å². The Morgan fingerprint density at radius 3 is 1.63 bits per heavy atom. The first kappa shape index (κ1) is 20.3. The van der Waals surface area contributed by atoms with Crippen LogP contribution in [0.4, 0.5) is 0 Å². The molecule has 0 saturated heterocycles. The van der Waals surface area contributed by atoms with Crippen molar-refractivity contribution in [1.82, 2.24) is 9.80 Å². The van der Waals surface area contributed by atoms with Gasteiger partial charge in [-0.1, -0.05) is 26.7 Å². The van der Waals surface area contributed by atoms with Gasteiger partial charge in [-0.05, 0) is 20.3 Å². The largest absolute Gasteiger partial charge is 0.349 e. The van der Waals surface area contributed by atoms with E-state index in [0.29, 0.717) is 12.8 Å². The average Bonchev–Trinajstić information content (AvgIpc) is 2.40. The number of hydrogen-bond donors (Lipinski definition) is 0. The third kappa shape index (κ3) is 11.7. The van der Waals surface area contributed by atoms with E-state index in [1.54, 1.807) is 19.0 Å². The molecule has 2 amide bonds. The van der Waals surface area contributed by atoms with Gasteiger partial charge < -0.3 is 9.80 Å². The summed E-state index contributed by atoms with van der Waals surface area (Å²) in [6.07, 6.45) is 4.72. The Kier molecular flexibility index (Phi) is 14.3. The fraction of sp³-hybridized carbons (Fsp3) is 0.867. The molecule has 0 bridgehead atoms. The molecule has 0 aliphatic rings. The van der Waals surface area contributed by atoms with Crippen molar-refractivity contribution in [3.05, 3.63) is 0 Å². The normalized spacial score (nSPS) is 9.37. The number of carbonyl (C=O) groups is 2. The van der Waals surface area contributed by atoms with Crippen molar-refractivity contribution in [3.8, 4) is 0 Å². The van der Waals surface area contributed by atoms with E-state index in [2.05, 4.69) is 6.92 Å². The molecule has 4 heteroatoms. The molecule has 0 aromatic heterocycles. The van der Waals surface area contributed by atoms with Crippen LogP contribution in [-0.2, 0) is 9.59 Å². The number of rotatable bonds is 7. The Hall–Kier alpha value is -1.06. The Balaban J connectivity index is 0. The van der Waals surface area contributed by atoms with Crippen LogP contribution in [-0.4, -0.2) is 48.8 Å². The van der Waals surface area contributed by atoms with Gasteiger partial charge in [0, 0.05) is 40.0 Å². The van der Waals surface area contributed by atoms with E-state index < -0.39 is 0 Å². The maximum atomic E-state index is 10.9. The van der Waals surface area contributed by atoms with Crippen LogP contribution >= 0.6 is 0 Å². The Labute approximate surface area is 119 Å². The molecule has 0 rings (SSSR count). The second-order valence-electron chi connectivity index (χ2n) is 4.66. The minimum absolute atomic E-state index is 0.244. The lowest BCUT2D eigenvalue weighted by molar-refractivity contribution is -0.130. The van der Waals surface area contributed by atoms with Crippen molar-refractivity contribution in [3.63, 3.8) is 0 Å². The maximum absolute atomic E-state index is 10.9. The molecule has 0 saturated carbocycles. The van der Waals surface area contributed by atoms with Crippen molar-refractivity contribution >= 4 is 11.8 Å². The van der Waals surface area contributed by atoms with Gasteiger partial charge in [0.2, 0.25) is 11.8 Å². The van der Waals surface area contributed by atoms with Crippen LogP contribution in [0.5, 0.6) is 0 Å². The third-order valence-electron chi connectivity index (χ3n) is 2.91. The molecule has 0 aromatic carbocycles. The summed E-state index contributed by atoms with van der Waals surface area (Å²) in [6.45, 7) is 9.70. The smallest absolute Gasteiger partial charge is 0.222 e. The highest BCUT2D eigenvalue weighted by molar-refractivity contribution is 5.75. The van der Waals surface area contributed by atoms with Crippen LogP contribution in [0.2, 0.25) is 0 Å². The summed E-state index contributed by atoms with van der Waals surface area (Å²) >= 11 is 0. The predicted octanol–water partition coefficient (Wildman–Crippen LogP) is 2.92. The molecule has 0 aliphatic carbocycles. The lowest BCUT2D eigenvalue weighted by Crippen LogP contribution is -2.29. The molecule has 0 spiro atoms. The minimum atomic E-state index is 0.244. The van der Waals surface area contributed by atoms with E-state index in [0.717, 1.165) is 19.5 Å². The zero-order valence-electron chi connectivity index (χ0n) is 13.7. The second kappa shape index (κ2) is 13.4. The summed E-state index contributed by atoms with van der Waals surface area (Å²) in [4.78, 5) is 25.3. The number of unbranched alkanes of at least 4 members (excludes halogenated alkanes) is 2.